The fourth-order valence-corrected chi connectivity index (χ4v) is 4.94. The highest BCUT2D eigenvalue weighted by Gasteiger charge is 2.48. The van der Waals surface area contributed by atoms with Crippen molar-refractivity contribution in [2.45, 2.75) is 141 Å². The van der Waals surface area contributed by atoms with E-state index in [4.69, 9.17) is 23.5 Å². The number of hydrogen-bond donors (Lipinski definition) is 4. The lowest BCUT2D eigenvalue weighted by Gasteiger charge is -2.41. The molecule has 0 radical (unpaired) electrons. The van der Waals surface area contributed by atoms with Crippen LogP contribution in [0.15, 0.2) is 0 Å². The summed E-state index contributed by atoms with van der Waals surface area (Å²) in [4.78, 5) is 12.5. The van der Waals surface area contributed by atoms with Crippen molar-refractivity contribution >= 4 is 16.4 Å². The predicted molar refractivity (Wildman–Crippen MR) is 147 cm³/mol. The van der Waals surface area contributed by atoms with Crippen molar-refractivity contribution in [1.29, 1.82) is 0 Å². The summed E-state index contributed by atoms with van der Waals surface area (Å²) in [7, 11) is -5.04. The summed E-state index contributed by atoms with van der Waals surface area (Å²) in [6.07, 6.45) is 5.01. The third-order valence-electron chi connectivity index (χ3n) is 6.73. The number of hydrogen-bond acceptors (Lipinski definition) is 11. The molecule has 0 bridgehead atoms. The zero-order chi connectivity index (χ0) is 29.8. The van der Waals surface area contributed by atoms with Crippen LogP contribution in [-0.4, -0.2) is 97.5 Å². The third-order valence-corrected chi connectivity index (χ3v) is 7.19. The molecule has 0 aromatic heterocycles. The van der Waals surface area contributed by atoms with Crippen LogP contribution in [0.2, 0.25) is 0 Å². The van der Waals surface area contributed by atoms with E-state index in [2.05, 4.69) is 18.0 Å². The van der Waals surface area contributed by atoms with Crippen LogP contribution in [0.1, 0.15) is 104 Å². The molecule has 1 fully saturated rings. The van der Waals surface area contributed by atoms with Gasteiger partial charge in [0.25, 0.3) is 0 Å². The molecule has 4 N–H and O–H groups in total. The van der Waals surface area contributed by atoms with Crippen LogP contribution in [0.3, 0.4) is 0 Å². The molecule has 1 aliphatic heterocycles. The summed E-state index contributed by atoms with van der Waals surface area (Å²) in [5.74, 6) is -0.410. The molecule has 0 saturated carbocycles. The topological polar surface area (TPSA) is 178 Å². The lowest BCUT2D eigenvalue weighted by Crippen LogP contribution is -2.60. The van der Waals surface area contributed by atoms with Gasteiger partial charge in [-0.15, -0.1) is 0 Å². The maximum atomic E-state index is 12.5. The van der Waals surface area contributed by atoms with Crippen LogP contribution >= 0.6 is 0 Å². The van der Waals surface area contributed by atoms with Gasteiger partial charge in [-0.3, -0.25) is 9.35 Å². The SMILES string of the molecule is CCCCCCCCCC(=O)OC(COCCCCCCCC)COC1OC(CO)C(O)C(OS(=O)(=O)O)C1O. The van der Waals surface area contributed by atoms with Crippen LogP contribution in [0.4, 0.5) is 0 Å². The van der Waals surface area contributed by atoms with Crippen LogP contribution in [0.5, 0.6) is 0 Å². The van der Waals surface area contributed by atoms with Gasteiger partial charge >= 0.3 is 16.4 Å². The minimum Gasteiger partial charge on any atom is -0.457 e. The molecule has 6 atom stereocenters. The number of esters is 1. The van der Waals surface area contributed by atoms with E-state index in [0.29, 0.717) is 13.0 Å². The van der Waals surface area contributed by atoms with Gasteiger partial charge in [0.1, 0.15) is 30.5 Å². The van der Waals surface area contributed by atoms with E-state index < -0.39 is 59.8 Å². The molecule has 0 amide bonds. The van der Waals surface area contributed by atoms with E-state index in [0.717, 1.165) is 38.5 Å². The van der Waals surface area contributed by atoms with Crippen molar-refractivity contribution in [3.8, 4) is 0 Å². The average molecular weight is 601 g/mol. The minimum absolute atomic E-state index is 0.0392. The van der Waals surface area contributed by atoms with Crippen molar-refractivity contribution in [3.05, 3.63) is 0 Å². The number of unbranched alkanes of at least 4 members (excludes halogenated alkanes) is 11. The number of aliphatic hydroxyl groups excluding tert-OH is 3. The monoisotopic (exact) mass is 600 g/mol. The quantitative estimate of drug-likeness (QED) is 0.0724. The van der Waals surface area contributed by atoms with Gasteiger partial charge in [0.05, 0.1) is 19.8 Å². The van der Waals surface area contributed by atoms with Gasteiger partial charge in [-0.25, -0.2) is 4.18 Å². The molecule has 12 nitrogen and oxygen atoms in total. The highest BCUT2D eigenvalue weighted by atomic mass is 32.3. The van der Waals surface area contributed by atoms with Gasteiger partial charge in [-0.2, -0.15) is 8.42 Å². The number of ether oxygens (including phenoxy) is 4. The highest BCUT2D eigenvalue weighted by molar-refractivity contribution is 7.80. The second-order valence-corrected chi connectivity index (χ2v) is 11.4. The van der Waals surface area contributed by atoms with Gasteiger partial charge in [0.2, 0.25) is 0 Å². The Morgan fingerprint density at radius 3 is 2.00 bits per heavy atom. The average Bonchev–Trinajstić information content (AvgIpc) is 2.90. The zero-order valence-electron chi connectivity index (χ0n) is 24.2. The molecule has 1 heterocycles. The van der Waals surface area contributed by atoms with Crippen molar-refractivity contribution < 1.29 is 56.2 Å². The number of rotatable bonds is 24. The van der Waals surface area contributed by atoms with Gasteiger partial charge < -0.3 is 34.3 Å². The Kier molecular flexibility index (Phi) is 20.2. The number of aliphatic hydroxyl groups is 3. The van der Waals surface area contributed by atoms with E-state index >= 15 is 0 Å². The molecule has 0 aromatic rings. The van der Waals surface area contributed by atoms with Gasteiger partial charge in [-0.1, -0.05) is 84.5 Å². The molecule has 40 heavy (non-hydrogen) atoms. The summed E-state index contributed by atoms with van der Waals surface area (Å²) in [5, 5.41) is 30.2. The Hall–Kier alpha value is -0.900. The number of carbonyl (C=O) groups excluding carboxylic acids is 1. The van der Waals surface area contributed by atoms with Crippen LogP contribution in [-0.2, 0) is 38.3 Å². The maximum Gasteiger partial charge on any atom is 0.397 e. The lowest BCUT2D eigenvalue weighted by molar-refractivity contribution is -0.301. The van der Waals surface area contributed by atoms with Crippen LogP contribution in [0, 0.1) is 0 Å². The van der Waals surface area contributed by atoms with Gasteiger partial charge in [-0.05, 0) is 12.8 Å². The fraction of sp³-hybridized carbons (Fsp3) is 0.963. The van der Waals surface area contributed by atoms with E-state index in [-0.39, 0.29) is 19.6 Å². The summed E-state index contributed by atoms with van der Waals surface area (Å²) in [5.41, 5.74) is 0. The van der Waals surface area contributed by atoms with Crippen LogP contribution < -0.4 is 0 Å². The van der Waals surface area contributed by atoms with Crippen molar-refractivity contribution in [3.63, 3.8) is 0 Å². The van der Waals surface area contributed by atoms with Crippen molar-refractivity contribution in [2.24, 2.45) is 0 Å². The molecular weight excluding hydrogens is 548 g/mol. The zero-order valence-corrected chi connectivity index (χ0v) is 25.0. The number of carbonyl (C=O) groups is 1. The summed E-state index contributed by atoms with van der Waals surface area (Å²) in [6.45, 7) is 3.83. The molecule has 13 heteroatoms. The smallest absolute Gasteiger partial charge is 0.397 e. The molecule has 6 unspecified atom stereocenters. The normalized spacial score (nSPS) is 24.2. The first-order valence-corrected chi connectivity index (χ1v) is 16.2. The van der Waals surface area contributed by atoms with E-state index in [1.165, 1.54) is 38.5 Å². The molecular formula is C27H52O12S. The second kappa shape index (κ2) is 21.8. The van der Waals surface area contributed by atoms with E-state index in [1.807, 2.05) is 0 Å². The van der Waals surface area contributed by atoms with Crippen LogP contribution in [0.25, 0.3) is 0 Å². The molecule has 0 aromatic carbocycles. The largest absolute Gasteiger partial charge is 0.457 e. The minimum atomic E-state index is -5.04. The van der Waals surface area contributed by atoms with Gasteiger partial charge in [0.15, 0.2) is 6.29 Å². The Bertz CT molecular complexity index is 750. The molecule has 1 aliphatic rings. The van der Waals surface area contributed by atoms with Crippen molar-refractivity contribution in [2.75, 3.05) is 26.4 Å². The van der Waals surface area contributed by atoms with E-state index in [9.17, 15) is 28.5 Å². The Morgan fingerprint density at radius 1 is 0.850 bits per heavy atom. The Labute approximate surface area is 239 Å². The molecule has 0 aliphatic carbocycles. The first kappa shape index (κ1) is 37.1. The molecule has 1 saturated heterocycles. The summed E-state index contributed by atoms with van der Waals surface area (Å²) in [6, 6.07) is 0. The molecule has 238 valence electrons. The first-order chi connectivity index (χ1) is 19.1. The van der Waals surface area contributed by atoms with Crippen molar-refractivity contribution in [1.82, 2.24) is 0 Å². The maximum absolute atomic E-state index is 12.5. The summed E-state index contributed by atoms with van der Waals surface area (Å²) >= 11 is 0. The standard InChI is InChI=1S/C27H52O12S/c1-3-5-7-9-11-12-14-16-23(29)37-21(19-35-17-15-13-10-8-6-4-2)20-36-27-25(31)26(39-40(32,33)34)24(30)22(18-28)38-27/h21-22,24-28,30-31H,3-20H2,1-2H3,(H,32,33,34). The lowest BCUT2D eigenvalue weighted by atomic mass is 9.99. The molecule has 1 rings (SSSR count). The Morgan fingerprint density at radius 2 is 1.43 bits per heavy atom. The highest BCUT2D eigenvalue weighted by Crippen LogP contribution is 2.26. The first-order valence-electron chi connectivity index (χ1n) is 14.8. The predicted octanol–water partition coefficient (Wildman–Crippen LogP) is 3.06. The Balaban J connectivity index is 2.65. The summed E-state index contributed by atoms with van der Waals surface area (Å²) < 4.78 is 58.0. The second-order valence-electron chi connectivity index (χ2n) is 10.4. The third kappa shape index (κ3) is 16.5. The van der Waals surface area contributed by atoms with E-state index in [1.54, 1.807) is 0 Å². The van der Waals surface area contributed by atoms with Gasteiger partial charge in [0, 0.05) is 13.0 Å². The molecule has 0 spiro atoms. The fourth-order valence-electron chi connectivity index (χ4n) is 4.43.